The lowest BCUT2D eigenvalue weighted by molar-refractivity contribution is -0.150. The number of carboxylic acid groups (broad SMARTS) is 1. The number of aryl methyl sites for hydroxylation is 1. The molecule has 3 atom stereocenters. The first-order valence-electron chi connectivity index (χ1n) is 10.0. The molecule has 1 fully saturated rings. The van der Waals surface area contributed by atoms with Crippen LogP contribution in [-0.4, -0.2) is 66.9 Å². The van der Waals surface area contributed by atoms with Crippen LogP contribution in [0.5, 0.6) is 0 Å². The van der Waals surface area contributed by atoms with E-state index in [1.165, 1.54) is 39.8 Å². The second-order valence-corrected chi connectivity index (χ2v) is 10.9. The molecule has 0 radical (unpaired) electrons. The molecule has 3 heterocycles. The maximum Gasteiger partial charge on any atom is 0.352 e. The van der Waals surface area contributed by atoms with Crippen LogP contribution in [0.2, 0.25) is 0 Å². The summed E-state index contributed by atoms with van der Waals surface area (Å²) in [6, 6.07) is 5.57. The number of carbonyl (C=O) groups is 4. The summed E-state index contributed by atoms with van der Waals surface area (Å²) < 4.78 is 0.718. The van der Waals surface area contributed by atoms with E-state index in [1.54, 1.807) is 30.3 Å². The van der Waals surface area contributed by atoms with Gasteiger partial charge in [0.15, 0.2) is 4.34 Å². The van der Waals surface area contributed by atoms with Crippen LogP contribution >= 0.6 is 34.9 Å². The molecule has 1 aromatic carbocycles. The zero-order valence-electron chi connectivity index (χ0n) is 17.8. The second kappa shape index (κ2) is 10.0. The zero-order valence-corrected chi connectivity index (χ0v) is 20.2. The monoisotopic (exact) mass is 520 g/mol. The molecule has 1 saturated heterocycles. The lowest BCUT2D eigenvalue weighted by atomic mass is 10.0. The number of carbonyl (C=O) groups excluding carboxylic acids is 3. The van der Waals surface area contributed by atoms with Gasteiger partial charge in [-0.05, 0) is 18.1 Å². The maximum atomic E-state index is 12.9. The van der Waals surface area contributed by atoms with Crippen LogP contribution in [0.3, 0.4) is 0 Å². The van der Waals surface area contributed by atoms with Crippen molar-refractivity contribution in [3.63, 3.8) is 0 Å². The number of rotatable bonds is 8. The van der Waals surface area contributed by atoms with Gasteiger partial charge in [-0.2, -0.15) is 0 Å². The van der Waals surface area contributed by atoms with Gasteiger partial charge in [-0.15, -0.1) is 22.0 Å². The van der Waals surface area contributed by atoms with Crippen molar-refractivity contribution in [2.45, 2.75) is 28.7 Å². The smallest absolute Gasteiger partial charge is 0.352 e. The molecule has 0 bridgehead atoms. The van der Waals surface area contributed by atoms with Crippen molar-refractivity contribution in [2.75, 3.05) is 11.5 Å². The minimum absolute atomic E-state index is 0.0668. The predicted octanol–water partition coefficient (Wildman–Crippen LogP) is 1.09. The molecule has 0 spiro atoms. The first-order chi connectivity index (χ1) is 16.3. The van der Waals surface area contributed by atoms with Gasteiger partial charge in [0.05, 0.1) is 0 Å². The summed E-state index contributed by atoms with van der Waals surface area (Å²) in [4.78, 5) is 50.5. The van der Waals surface area contributed by atoms with E-state index in [0.717, 1.165) is 9.35 Å². The first-order valence-corrected chi connectivity index (χ1v) is 12.9. The molecule has 5 N–H and O–H groups in total. The number of amides is 4. The fourth-order valence-corrected chi connectivity index (χ4v) is 6.91. The molecular formula is C20H20N6O5S3. The summed E-state index contributed by atoms with van der Waals surface area (Å²) in [6.45, 7) is 1.83. The minimum atomic E-state index is -1.20. The third-order valence-electron chi connectivity index (χ3n) is 5.11. The molecule has 4 rings (SSSR count). The molecule has 0 aliphatic carbocycles. The number of urea groups is 1. The second-order valence-electron chi connectivity index (χ2n) is 7.38. The van der Waals surface area contributed by atoms with Gasteiger partial charge in [-0.1, -0.05) is 53.4 Å². The Morgan fingerprint density at radius 2 is 2.03 bits per heavy atom. The van der Waals surface area contributed by atoms with Gasteiger partial charge in [0, 0.05) is 11.5 Å². The number of aromatic nitrogens is 2. The predicted molar refractivity (Wildman–Crippen MR) is 127 cm³/mol. The molecule has 2 aromatic rings. The van der Waals surface area contributed by atoms with Crippen molar-refractivity contribution in [3.8, 4) is 0 Å². The molecule has 0 saturated carbocycles. The van der Waals surface area contributed by atoms with Gasteiger partial charge in [0.1, 0.15) is 28.2 Å². The van der Waals surface area contributed by atoms with Crippen LogP contribution in [0.4, 0.5) is 4.79 Å². The Bertz CT molecular complexity index is 1170. The highest BCUT2D eigenvalue weighted by atomic mass is 32.2. The van der Waals surface area contributed by atoms with Crippen molar-refractivity contribution in [1.29, 1.82) is 0 Å². The number of nitrogens with zero attached hydrogens (tertiary/aromatic N) is 3. The Hall–Kier alpha value is -3.10. The quantitative estimate of drug-likeness (QED) is 0.294. The van der Waals surface area contributed by atoms with Crippen LogP contribution in [0, 0.1) is 6.92 Å². The summed E-state index contributed by atoms with van der Waals surface area (Å²) in [5.74, 6) is -1.60. The average molecular weight is 521 g/mol. The van der Waals surface area contributed by atoms with Gasteiger partial charge in [-0.3, -0.25) is 14.5 Å². The van der Waals surface area contributed by atoms with Crippen molar-refractivity contribution in [2.24, 2.45) is 5.73 Å². The molecule has 2 aliphatic heterocycles. The van der Waals surface area contributed by atoms with E-state index >= 15 is 0 Å². The van der Waals surface area contributed by atoms with Gasteiger partial charge >= 0.3 is 12.0 Å². The molecule has 1 aromatic heterocycles. The van der Waals surface area contributed by atoms with Gasteiger partial charge in [0.25, 0.3) is 5.91 Å². The average Bonchev–Trinajstić information content (AvgIpc) is 3.24. The van der Waals surface area contributed by atoms with Crippen molar-refractivity contribution < 1.29 is 24.3 Å². The van der Waals surface area contributed by atoms with Gasteiger partial charge in [0.2, 0.25) is 5.91 Å². The number of β-lactam (4-membered cyclic amide) rings is 1. The highest BCUT2D eigenvalue weighted by molar-refractivity contribution is 8.01. The number of nitrogens with one attached hydrogen (secondary N) is 2. The van der Waals surface area contributed by atoms with E-state index in [9.17, 15) is 24.3 Å². The fourth-order valence-electron chi connectivity index (χ4n) is 3.60. The number of nitrogens with two attached hydrogens (primary N) is 1. The van der Waals surface area contributed by atoms with Crippen molar-refractivity contribution >= 4 is 58.7 Å². The Balaban J connectivity index is 1.48. The summed E-state index contributed by atoms with van der Waals surface area (Å²) >= 11 is 4.15. The zero-order chi connectivity index (χ0) is 24.4. The molecule has 2 unspecified atom stereocenters. The Morgan fingerprint density at radius 1 is 1.29 bits per heavy atom. The topological polar surface area (TPSA) is 168 Å². The molecule has 2 aliphatic rings. The standard InChI is InChI=1S/C20H20N6O5S3/c1-9-24-25-20(34-9)33-8-11-7-32-17-13(16(28)26(17)14(11)18(29)30)22-15(27)12(23-19(21)31)10-5-3-2-4-6-10/h2-6,12-13,17H,7-8H2,1H3,(H,22,27)(H,29,30)(H3,21,23,31)/t12?,13-,17?/m1/s1. The van der Waals surface area contributed by atoms with Crippen LogP contribution in [0.1, 0.15) is 16.6 Å². The van der Waals surface area contributed by atoms with E-state index in [4.69, 9.17) is 5.73 Å². The number of hydrogen-bond donors (Lipinski definition) is 4. The van der Waals surface area contributed by atoms with Crippen LogP contribution in [0.25, 0.3) is 0 Å². The third kappa shape index (κ3) is 4.88. The third-order valence-corrected chi connectivity index (χ3v) is 8.50. The maximum absolute atomic E-state index is 12.9. The lowest BCUT2D eigenvalue weighted by Crippen LogP contribution is -2.71. The Morgan fingerprint density at radius 3 is 2.65 bits per heavy atom. The first kappa shape index (κ1) is 24.0. The minimum Gasteiger partial charge on any atom is -0.477 e. The lowest BCUT2D eigenvalue weighted by Gasteiger charge is -2.49. The summed E-state index contributed by atoms with van der Waals surface area (Å²) in [6.07, 6.45) is 0. The van der Waals surface area contributed by atoms with Crippen molar-refractivity contribution in [3.05, 3.63) is 52.2 Å². The summed E-state index contributed by atoms with van der Waals surface area (Å²) in [5, 5.41) is 23.1. The Kier molecular flexibility index (Phi) is 7.09. The van der Waals surface area contributed by atoms with Crippen LogP contribution in [0.15, 0.2) is 45.9 Å². The SMILES string of the molecule is Cc1nnc(SCC2=C(C(=O)O)N3C(=O)[C@@H](NC(=O)C(NC(N)=O)c4ccccc4)C3SC2)s1. The number of hydrogen-bond acceptors (Lipinski definition) is 9. The number of primary amides is 1. The van der Waals surface area contributed by atoms with Gasteiger partial charge < -0.3 is 21.5 Å². The molecule has 4 amide bonds. The Labute approximate surface area is 206 Å². The summed E-state index contributed by atoms with van der Waals surface area (Å²) in [7, 11) is 0. The van der Waals surface area contributed by atoms with E-state index in [1.807, 2.05) is 6.92 Å². The van der Waals surface area contributed by atoms with Crippen LogP contribution in [-0.2, 0) is 14.4 Å². The van der Waals surface area contributed by atoms with E-state index in [-0.39, 0.29) is 5.70 Å². The highest BCUT2D eigenvalue weighted by Gasteiger charge is 2.54. The largest absolute Gasteiger partial charge is 0.477 e. The van der Waals surface area contributed by atoms with E-state index in [2.05, 4.69) is 20.8 Å². The van der Waals surface area contributed by atoms with Crippen LogP contribution < -0.4 is 16.4 Å². The molecule has 11 nitrogen and oxygen atoms in total. The van der Waals surface area contributed by atoms with Crippen molar-refractivity contribution in [1.82, 2.24) is 25.7 Å². The molecule has 178 valence electrons. The number of fused-ring (bicyclic) bond motifs is 1. The molecular weight excluding hydrogens is 500 g/mol. The number of benzene rings is 1. The van der Waals surface area contributed by atoms with Gasteiger partial charge in [-0.25, -0.2) is 9.59 Å². The fraction of sp³-hybridized carbons (Fsp3) is 0.300. The number of carboxylic acids is 1. The summed E-state index contributed by atoms with van der Waals surface area (Å²) in [5.41, 5.74) is 6.26. The molecule has 14 heteroatoms. The number of aliphatic carboxylic acids is 1. The highest BCUT2D eigenvalue weighted by Crippen LogP contribution is 2.42. The molecule has 34 heavy (non-hydrogen) atoms. The normalized spacial score (nSPS) is 20.3. The van der Waals surface area contributed by atoms with E-state index < -0.39 is 41.3 Å². The number of thioether (sulfide) groups is 2. The van der Waals surface area contributed by atoms with E-state index in [0.29, 0.717) is 22.6 Å².